The highest BCUT2D eigenvalue weighted by atomic mass is 15.1. The van der Waals surface area contributed by atoms with Crippen LogP contribution < -0.4 is 5.32 Å². The van der Waals surface area contributed by atoms with Gasteiger partial charge in [0.2, 0.25) is 0 Å². The van der Waals surface area contributed by atoms with Crippen LogP contribution in [0.1, 0.15) is 65.2 Å². The molecular weight excluding hydrogens is 220 g/mol. The number of likely N-dealkylation sites (tertiary alicyclic amines) is 1. The van der Waals surface area contributed by atoms with Gasteiger partial charge in [-0.1, -0.05) is 33.1 Å². The van der Waals surface area contributed by atoms with Gasteiger partial charge in [-0.15, -0.1) is 0 Å². The first-order chi connectivity index (χ1) is 8.86. The van der Waals surface area contributed by atoms with E-state index in [2.05, 4.69) is 24.1 Å². The highest BCUT2D eigenvalue weighted by molar-refractivity contribution is 4.71. The minimum absolute atomic E-state index is 1.02. The molecule has 1 rings (SSSR count). The Bertz CT molecular complexity index is 174. The summed E-state index contributed by atoms with van der Waals surface area (Å²) in [5, 5.41) is 3.48. The van der Waals surface area contributed by atoms with Crippen molar-refractivity contribution in [2.45, 2.75) is 65.2 Å². The molecule has 1 heterocycles. The Morgan fingerprint density at radius 3 is 2.33 bits per heavy atom. The van der Waals surface area contributed by atoms with Crippen molar-refractivity contribution in [1.29, 1.82) is 0 Å². The van der Waals surface area contributed by atoms with Gasteiger partial charge in [-0.3, -0.25) is 0 Å². The monoisotopic (exact) mass is 254 g/mol. The average Bonchev–Trinajstić information content (AvgIpc) is 2.42. The van der Waals surface area contributed by atoms with Gasteiger partial charge in [0, 0.05) is 0 Å². The number of nitrogens with zero attached hydrogens (tertiary/aromatic N) is 1. The molecule has 1 N–H and O–H groups in total. The summed E-state index contributed by atoms with van der Waals surface area (Å²) in [5.74, 6) is 1.02. The molecule has 1 saturated heterocycles. The molecule has 2 heteroatoms. The minimum atomic E-state index is 1.02. The van der Waals surface area contributed by atoms with Gasteiger partial charge in [0.05, 0.1) is 0 Å². The van der Waals surface area contributed by atoms with Crippen molar-refractivity contribution in [3.63, 3.8) is 0 Å². The zero-order chi connectivity index (χ0) is 13.1. The van der Waals surface area contributed by atoms with Gasteiger partial charge in [0.1, 0.15) is 0 Å². The lowest BCUT2D eigenvalue weighted by Crippen LogP contribution is -2.34. The minimum Gasteiger partial charge on any atom is -0.317 e. The predicted octanol–water partition coefficient (Wildman–Crippen LogP) is 3.67. The molecule has 0 amide bonds. The first-order valence-corrected chi connectivity index (χ1v) is 8.29. The molecule has 0 aliphatic carbocycles. The molecule has 1 fully saturated rings. The standard InChI is InChI=1S/C16H34N2/c1-3-11-17-12-7-5-6-8-13-18-14-9-16(4-2)10-15-18/h16-17H,3-15H2,1-2H3. The van der Waals surface area contributed by atoms with Crippen LogP contribution in [0.2, 0.25) is 0 Å². The zero-order valence-electron chi connectivity index (χ0n) is 12.7. The number of piperidine rings is 1. The number of hydrogen-bond acceptors (Lipinski definition) is 2. The fourth-order valence-electron chi connectivity index (χ4n) is 2.86. The number of hydrogen-bond donors (Lipinski definition) is 1. The fourth-order valence-corrected chi connectivity index (χ4v) is 2.86. The number of rotatable bonds is 10. The molecule has 0 radical (unpaired) electrons. The van der Waals surface area contributed by atoms with Crippen LogP contribution in [0.15, 0.2) is 0 Å². The van der Waals surface area contributed by atoms with Crippen LogP contribution in [0.3, 0.4) is 0 Å². The summed E-state index contributed by atoms with van der Waals surface area (Å²) in [7, 11) is 0. The summed E-state index contributed by atoms with van der Waals surface area (Å²) in [6.45, 7) is 11.0. The quantitative estimate of drug-likeness (QED) is 0.598. The van der Waals surface area contributed by atoms with Gasteiger partial charge < -0.3 is 10.2 Å². The Morgan fingerprint density at radius 1 is 0.944 bits per heavy atom. The summed E-state index contributed by atoms with van der Waals surface area (Å²) in [5.41, 5.74) is 0. The van der Waals surface area contributed by atoms with Crippen LogP contribution in [-0.4, -0.2) is 37.6 Å². The molecule has 0 aromatic carbocycles. The van der Waals surface area contributed by atoms with Crippen LogP contribution in [0.25, 0.3) is 0 Å². The SMILES string of the molecule is CCCNCCCCCCN1CCC(CC)CC1. The first kappa shape index (κ1) is 16.0. The number of unbranched alkanes of at least 4 members (excludes halogenated alkanes) is 3. The van der Waals surface area contributed by atoms with Crippen LogP contribution in [-0.2, 0) is 0 Å². The van der Waals surface area contributed by atoms with E-state index in [4.69, 9.17) is 0 Å². The van der Waals surface area contributed by atoms with E-state index in [1.165, 1.54) is 84.1 Å². The second-order valence-corrected chi connectivity index (χ2v) is 5.86. The fraction of sp³-hybridized carbons (Fsp3) is 1.00. The third kappa shape index (κ3) is 7.38. The summed E-state index contributed by atoms with van der Waals surface area (Å²) >= 11 is 0. The van der Waals surface area contributed by atoms with Crippen molar-refractivity contribution < 1.29 is 0 Å². The van der Waals surface area contributed by atoms with E-state index >= 15 is 0 Å². The zero-order valence-corrected chi connectivity index (χ0v) is 12.7. The number of nitrogens with one attached hydrogen (secondary N) is 1. The maximum atomic E-state index is 3.48. The van der Waals surface area contributed by atoms with Gasteiger partial charge in [-0.2, -0.15) is 0 Å². The largest absolute Gasteiger partial charge is 0.317 e. The normalized spacial score (nSPS) is 18.3. The Morgan fingerprint density at radius 2 is 1.67 bits per heavy atom. The van der Waals surface area contributed by atoms with Crippen molar-refractivity contribution in [3.8, 4) is 0 Å². The van der Waals surface area contributed by atoms with Crippen molar-refractivity contribution in [1.82, 2.24) is 10.2 Å². The maximum absolute atomic E-state index is 3.48. The molecule has 0 saturated carbocycles. The molecule has 0 aromatic rings. The molecule has 0 unspecified atom stereocenters. The molecule has 108 valence electrons. The molecule has 1 aliphatic heterocycles. The maximum Gasteiger partial charge on any atom is -0.00161 e. The third-order valence-corrected chi connectivity index (χ3v) is 4.29. The average molecular weight is 254 g/mol. The highest BCUT2D eigenvalue weighted by Crippen LogP contribution is 2.20. The lowest BCUT2D eigenvalue weighted by atomic mass is 9.94. The Labute approximate surface area is 115 Å². The Balaban J connectivity index is 1.84. The van der Waals surface area contributed by atoms with Crippen molar-refractivity contribution in [3.05, 3.63) is 0 Å². The van der Waals surface area contributed by atoms with Crippen LogP contribution in [0.5, 0.6) is 0 Å². The molecular formula is C16H34N2. The molecule has 0 bridgehead atoms. The topological polar surface area (TPSA) is 15.3 Å². The van der Waals surface area contributed by atoms with Crippen molar-refractivity contribution >= 4 is 0 Å². The third-order valence-electron chi connectivity index (χ3n) is 4.29. The summed E-state index contributed by atoms with van der Waals surface area (Å²) in [6.07, 6.45) is 11.1. The van der Waals surface area contributed by atoms with E-state index in [0.717, 1.165) is 5.92 Å². The van der Waals surface area contributed by atoms with Gasteiger partial charge in [0.15, 0.2) is 0 Å². The summed E-state index contributed by atoms with van der Waals surface area (Å²) in [6, 6.07) is 0. The van der Waals surface area contributed by atoms with E-state index in [1.54, 1.807) is 0 Å². The predicted molar refractivity (Wildman–Crippen MR) is 81.1 cm³/mol. The van der Waals surface area contributed by atoms with Crippen LogP contribution in [0, 0.1) is 5.92 Å². The second kappa shape index (κ2) is 10.8. The van der Waals surface area contributed by atoms with E-state index in [-0.39, 0.29) is 0 Å². The smallest absolute Gasteiger partial charge is 0.00161 e. The van der Waals surface area contributed by atoms with Crippen molar-refractivity contribution in [2.75, 3.05) is 32.7 Å². The van der Waals surface area contributed by atoms with Crippen LogP contribution in [0.4, 0.5) is 0 Å². The molecule has 0 spiro atoms. The van der Waals surface area contributed by atoms with E-state index in [1.807, 2.05) is 0 Å². The summed E-state index contributed by atoms with van der Waals surface area (Å²) in [4.78, 5) is 2.68. The highest BCUT2D eigenvalue weighted by Gasteiger charge is 2.16. The molecule has 0 aromatic heterocycles. The van der Waals surface area contributed by atoms with Gasteiger partial charge in [-0.05, 0) is 70.7 Å². The lowest BCUT2D eigenvalue weighted by Gasteiger charge is -2.31. The van der Waals surface area contributed by atoms with E-state index in [0.29, 0.717) is 0 Å². The van der Waals surface area contributed by atoms with E-state index < -0.39 is 0 Å². The van der Waals surface area contributed by atoms with Crippen LogP contribution >= 0.6 is 0 Å². The van der Waals surface area contributed by atoms with Gasteiger partial charge in [0.25, 0.3) is 0 Å². The molecule has 2 nitrogen and oxygen atoms in total. The van der Waals surface area contributed by atoms with E-state index in [9.17, 15) is 0 Å². The second-order valence-electron chi connectivity index (χ2n) is 5.86. The molecule has 1 aliphatic rings. The van der Waals surface area contributed by atoms with Gasteiger partial charge in [-0.25, -0.2) is 0 Å². The summed E-state index contributed by atoms with van der Waals surface area (Å²) < 4.78 is 0. The molecule has 0 atom stereocenters. The van der Waals surface area contributed by atoms with Crippen molar-refractivity contribution in [2.24, 2.45) is 5.92 Å². The lowest BCUT2D eigenvalue weighted by molar-refractivity contribution is 0.179. The van der Waals surface area contributed by atoms with Gasteiger partial charge >= 0.3 is 0 Å². The Kier molecular flexibility index (Phi) is 9.59. The first-order valence-electron chi connectivity index (χ1n) is 8.29. The molecule has 18 heavy (non-hydrogen) atoms. The Hall–Kier alpha value is -0.0800.